The summed E-state index contributed by atoms with van der Waals surface area (Å²) >= 11 is 5.97. The number of halogens is 1. The molecule has 0 bridgehead atoms. The Labute approximate surface area is 122 Å². The lowest BCUT2D eigenvalue weighted by Crippen LogP contribution is -2.24. The van der Waals surface area contributed by atoms with E-state index in [1.807, 2.05) is 18.2 Å². The zero-order chi connectivity index (χ0) is 14.2. The van der Waals surface area contributed by atoms with Crippen LogP contribution in [0.1, 0.15) is 37.9 Å². The van der Waals surface area contributed by atoms with Crippen molar-refractivity contribution in [3.63, 3.8) is 0 Å². The number of H-pyrrole nitrogens is 1. The fourth-order valence-electron chi connectivity index (χ4n) is 3.34. The van der Waals surface area contributed by atoms with Crippen molar-refractivity contribution in [1.82, 2.24) is 9.97 Å². The van der Waals surface area contributed by atoms with Crippen LogP contribution in [-0.4, -0.2) is 21.0 Å². The summed E-state index contributed by atoms with van der Waals surface area (Å²) in [5.41, 5.74) is 1.66. The van der Waals surface area contributed by atoms with Crippen LogP contribution in [-0.2, 0) is 11.2 Å². The number of fused-ring (bicyclic) bond motifs is 1. The minimum Gasteiger partial charge on any atom is -0.481 e. The molecule has 20 heavy (non-hydrogen) atoms. The first-order valence-corrected chi connectivity index (χ1v) is 7.30. The minimum atomic E-state index is -0.717. The molecule has 3 rings (SSSR count). The second kappa shape index (κ2) is 5.09. The number of carbonyl (C=O) groups is 1. The van der Waals surface area contributed by atoms with Gasteiger partial charge in [0.15, 0.2) is 0 Å². The van der Waals surface area contributed by atoms with E-state index < -0.39 is 5.97 Å². The van der Waals surface area contributed by atoms with Crippen molar-refractivity contribution in [2.75, 3.05) is 0 Å². The first-order chi connectivity index (χ1) is 9.56. The van der Waals surface area contributed by atoms with Crippen molar-refractivity contribution in [1.29, 1.82) is 0 Å². The summed E-state index contributed by atoms with van der Waals surface area (Å²) in [5.74, 6) is 0.150. The smallest absolute Gasteiger partial charge is 0.303 e. The molecule has 0 saturated heterocycles. The van der Waals surface area contributed by atoms with Gasteiger partial charge < -0.3 is 10.1 Å². The van der Waals surface area contributed by atoms with Gasteiger partial charge in [-0.1, -0.05) is 24.4 Å². The fourth-order valence-corrected chi connectivity index (χ4v) is 3.51. The monoisotopic (exact) mass is 292 g/mol. The largest absolute Gasteiger partial charge is 0.481 e. The SMILES string of the molecule is O=C(O)CC1(Cc2nc3ccc(Cl)cc3[nH]2)CCCC1. The second-order valence-corrected chi connectivity index (χ2v) is 6.24. The Kier molecular flexibility index (Phi) is 3.42. The van der Waals surface area contributed by atoms with E-state index >= 15 is 0 Å². The third kappa shape index (κ3) is 2.66. The number of rotatable bonds is 4. The number of hydrogen-bond donors (Lipinski definition) is 2. The van der Waals surface area contributed by atoms with Gasteiger partial charge >= 0.3 is 5.97 Å². The van der Waals surface area contributed by atoms with Crippen LogP contribution in [0.3, 0.4) is 0 Å². The maximum absolute atomic E-state index is 11.1. The molecule has 1 aromatic heterocycles. The molecule has 0 radical (unpaired) electrons. The summed E-state index contributed by atoms with van der Waals surface area (Å²) in [6.45, 7) is 0. The molecule has 5 heteroatoms. The van der Waals surface area contributed by atoms with Crippen molar-refractivity contribution >= 4 is 28.6 Å². The molecule has 4 nitrogen and oxygen atoms in total. The molecule has 1 aliphatic rings. The van der Waals surface area contributed by atoms with Gasteiger partial charge in [0.25, 0.3) is 0 Å². The van der Waals surface area contributed by atoms with Crippen molar-refractivity contribution in [3.8, 4) is 0 Å². The van der Waals surface area contributed by atoms with Gasteiger partial charge in [-0.2, -0.15) is 0 Å². The molecule has 0 unspecified atom stereocenters. The number of hydrogen-bond acceptors (Lipinski definition) is 2. The van der Waals surface area contributed by atoms with Gasteiger partial charge in [0.05, 0.1) is 17.5 Å². The Balaban J connectivity index is 1.88. The predicted molar refractivity (Wildman–Crippen MR) is 78.0 cm³/mol. The molecule has 2 N–H and O–H groups in total. The number of benzene rings is 1. The van der Waals surface area contributed by atoms with Gasteiger partial charge in [-0.05, 0) is 36.5 Å². The summed E-state index contributed by atoms with van der Waals surface area (Å²) in [4.78, 5) is 19.0. The number of imidazole rings is 1. The Bertz CT molecular complexity index is 644. The van der Waals surface area contributed by atoms with Crippen LogP contribution >= 0.6 is 11.6 Å². The van der Waals surface area contributed by atoms with Crippen LogP contribution < -0.4 is 0 Å². The van der Waals surface area contributed by atoms with E-state index in [0.29, 0.717) is 11.4 Å². The van der Waals surface area contributed by atoms with Gasteiger partial charge in [0.2, 0.25) is 0 Å². The highest BCUT2D eigenvalue weighted by molar-refractivity contribution is 6.31. The summed E-state index contributed by atoms with van der Waals surface area (Å²) < 4.78 is 0. The Hall–Kier alpha value is -1.55. The first kappa shape index (κ1) is 13.4. The van der Waals surface area contributed by atoms with Crippen molar-refractivity contribution < 1.29 is 9.90 Å². The normalized spacial score (nSPS) is 17.6. The molecule has 1 heterocycles. The van der Waals surface area contributed by atoms with E-state index in [0.717, 1.165) is 42.5 Å². The zero-order valence-corrected chi connectivity index (χ0v) is 11.9. The number of carboxylic acids is 1. The number of nitrogens with zero attached hydrogens (tertiary/aromatic N) is 1. The Morgan fingerprint density at radius 3 is 2.85 bits per heavy atom. The van der Waals surface area contributed by atoms with Gasteiger partial charge in [-0.15, -0.1) is 0 Å². The lowest BCUT2D eigenvalue weighted by Gasteiger charge is -2.25. The molecule has 1 aliphatic carbocycles. The third-order valence-corrected chi connectivity index (χ3v) is 4.46. The number of carboxylic acid groups (broad SMARTS) is 1. The van der Waals surface area contributed by atoms with Gasteiger partial charge in [-0.25, -0.2) is 4.98 Å². The second-order valence-electron chi connectivity index (χ2n) is 5.80. The number of aromatic nitrogens is 2. The zero-order valence-electron chi connectivity index (χ0n) is 11.2. The van der Waals surface area contributed by atoms with Crippen LogP contribution in [0.15, 0.2) is 18.2 Å². The molecular formula is C15H17ClN2O2. The fraction of sp³-hybridized carbons (Fsp3) is 0.467. The molecule has 106 valence electrons. The summed E-state index contributed by atoms with van der Waals surface area (Å²) in [6, 6.07) is 5.55. The number of aromatic amines is 1. The molecule has 1 fully saturated rings. The third-order valence-electron chi connectivity index (χ3n) is 4.23. The standard InChI is InChI=1S/C15H17ClN2O2/c16-10-3-4-11-12(7-10)18-13(17-11)8-15(9-14(19)20)5-1-2-6-15/h3-4,7H,1-2,5-6,8-9H2,(H,17,18)(H,19,20). The van der Waals surface area contributed by atoms with E-state index in [4.69, 9.17) is 16.7 Å². The highest BCUT2D eigenvalue weighted by atomic mass is 35.5. The van der Waals surface area contributed by atoms with Gasteiger partial charge in [-0.3, -0.25) is 4.79 Å². The summed E-state index contributed by atoms with van der Waals surface area (Å²) in [5, 5.41) is 9.82. The average molecular weight is 293 g/mol. The number of aliphatic carboxylic acids is 1. The van der Waals surface area contributed by atoms with Crippen LogP contribution in [0.25, 0.3) is 11.0 Å². The topological polar surface area (TPSA) is 66.0 Å². The molecule has 0 aliphatic heterocycles. The summed E-state index contributed by atoms with van der Waals surface area (Å²) in [6.07, 6.45) is 5.09. The van der Waals surface area contributed by atoms with Crippen LogP contribution in [0.4, 0.5) is 0 Å². The van der Waals surface area contributed by atoms with Crippen LogP contribution in [0.5, 0.6) is 0 Å². The molecule has 0 atom stereocenters. The van der Waals surface area contributed by atoms with Gasteiger partial charge in [0.1, 0.15) is 5.82 Å². The maximum Gasteiger partial charge on any atom is 0.303 e. The van der Waals surface area contributed by atoms with Gasteiger partial charge in [0, 0.05) is 11.4 Å². The van der Waals surface area contributed by atoms with E-state index in [1.54, 1.807) is 0 Å². The lowest BCUT2D eigenvalue weighted by molar-refractivity contribution is -0.139. The minimum absolute atomic E-state index is 0.135. The molecular weight excluding hydrogens is 276 g/mol. The molecule has 0 spiro atoms. The molecule has 1 saturated carbocycles. The van der Waals surface area contributed by atoms with Crippen molar-refractivity contribution in [2.24, 2.45) is 5.41 Å². The Morgan fingerprint density at radius 1 is 1.40 bits per heavy atom. The summed E-state index contributed by atoms with van der Waals surface area (Å²) in [7, 11) is 0. The van der Waals surface area contributed by atoms with E-state index in [2.05, 4.69) is 9.97 Å². The van der Waals surface area contributed by atoms with Crippen molar-refractivity contribution in [2.45, 2.75) is 38.5 Å². The maximum atomic E-state index is 11.1. The van der Waals surface area contributed by atoms with Crippen molar-refractivity contribution in [3.05, 3.63) is 29.0 Å². The van der Waals surface area contributed by atoms with Crippen LogP contribution in [0.2, 0.25) is 5.02 Å². The quantitative estimate of drug-likeness (QED) is 0.901. The van der Waals surface area contributed by atoms with E-state index in [-0.39, 0.29) is 11.8 Å². The number of nitrogens with one attached hydrogen (secondary N) is 1. The van der Waals surface area contributed by atoms with E-state index in [1.165, 1.54) is 0 Å². The lowest BCUT2D eigenvalue weighted by atomic mass is 9.79. The van der Waals surface area contributed by atoms with Crippen LogP contribution in [0, 0.1) is 5.41 Å². The molecule has 2 aromatic rings. The Morgan fingerprint density at radius 2 is 2.15 bits per heavy atom. The predicted octanol–water partition coefficient (Wildman–Crippen LogP) is 3.79. The first-order valence-electron chi connectivity index (χ1n) is 6.92. The molecule has 1 aromatic carbocycles. The van der Waals surface area contributed by atoms with E-state index in [9.17, 15) is 4.79 Å². The highest BCUT2D eigenvalue weighted by Gasteiger charge is 2.37. The highest BCUT2D eigenvalue weighted by Crippen LogP contribution is 2.43. The molecule has 0 amide bonds. The average Bonchev–Trinajstić information content (AvgIpc) is 2.94.